The summed E-state index contributed by atoms with van der Waals surface area (Å²) < 4.78 is 0. The predicted molar refractivity (Wildman–Crippen MR) is 46.5 cm³/mol. The van der Waals surface area contributed by atoms with Crippen LogP contribution in [0.4, 0.5) is 0 Å². The predicted octanol–water partition coefficient (Wildman–Crippen LogP) is 1.15. The fraction of sp³-hybridized carbons (Fsp3) is 1.00. The van der Waals surface area contributed by atoms with Crippen molar-refractivity contribution in [1.29, 1.82) is 0 Å². The van der Waals surface area contributed by atoms with E-state index >= 15 is 0 Å². The van der Waals surface area contributed by atoms with E-state index in [1.54, 1.807) is 0 Å². The Morgan fingerprint density at radius 1 is 1.36 bits per heavy atom. The lowest BCUT2D eigenvalue weighted by molar-refractivity contribution is 0.0155. The molecular weight excluding hydrogens is 138 g/mol. The Kier molecular flexibility index (Phi) is 2.90. The van der Waals surface area contributed by atoms with Crippen molar-refractivity contribution in [2.75, 3.05) is 13.1 Å². The molecular formula is C9H19NO. The van der Waals surface area contributed by atoms with Crippen LogP contribution in [0.15, 0.2) is 0 Å². The Bertz CT molecular complexity index is 109. The molecule has 0 spiro atoms. The number of hydrogen-bond acceptors (Lipinski definition) is 2. The van der Waals surface area contributed by atoms with E-state index < -0.39 is 5.60 Å². The normalized spacial score (nSPS) is 28.1. The first-order chi connectivity index (χ1) is 5.11. The van der Waals surface area contributed by atoms with Gasteiger partial charge in [-0.05, 0) is 39.2 Å². The molecule has 0 bridgehead atoms. The van der Waals surface area contributed by atoms with Crippen molar-refractivity contribution in [3.05, 3.63) is 0 Å². The summed E-state index contributed by atoms with van der Waals surface area (Å²) in [5.41, 5.74) is -0.503. The van der Waals surface area contributed by atoms with Crippen LogP contribution in [0, 0.1) is 5.92 Å². The third kappa shape index (κ3) is 2.80. The molecule has 0 aromatic heterocycles. The summed E-state index contributed by atoms with van der Waals surface area (Å²) in [6.45, 7) is 5.91. The van der Waals surface area contributed by atoms with Crippen LogP contribution in [0.3, 0.4) is 0 Å². The van der Waals surface area contributed by atoms with Crippen molar-refractivity contribution < 1.29 is 5.11 Å². The van der Waals surface area contributed by atoms with Crippen LogP contribution in [-0.4, -0.2) is 23.8 Å². The van der Waals surface area contributed by atoms with Crippen LogP contribution in [-0.2, 0) is 0 Å². The van der Waals surface area contributed by atoms with Gasteiger partial charge in [0.05, 0.1) is 5.60 Å². The minimum Gasteiger partial charge on any atom is -0.390 e. The van der Waals surface area contributed by atoms with E-state index in [1.807, 2.05) is 13.8 Å². The first-order valence-electron chi connectivity index (χ1n) is 4.54. The Hall–Kier alpha value is -0.0800. The highest BCUT2D eigenvalue weighted by Gasteiger charge is 2.26. The molecule has 0 aromatic carbocycles. The summed E-state index contributed by atoms with van der Waals surface area (Å²) in [4.78, 5) is 0. The van der Waals surface area contributed by atoms with Gasteiger partial charge in [-0.15, -0.1) is 0 Å². The Morgan fingerprint density at radius 2 is 2.09 bits per heavy atom. The van der Waals surface area contributed by atoms with Gasteiger partial charge in [0.2, 0.25) is 0 Å². The number of rotatable bonds is 1. The summed E-state index contributed by atoms with van der Waals surface area (Å²) in [7, 11) is 0. The van der Waals surface area contributed by atoms with Gasteiger partial charge in [0.25, 0.3) is 0 Å². The highest BCUT2D eigenvalue weighted by Crippen LogP contribution is 2.22. The number of aliphatic hydroxyl groups is 1. The zero-order chi connectivity index (χ0) is 8.32. The average Bonchev–Trinajstić information content (AvgIpc) is 2.10. The minimum absolute atomic E-state index is 0.435. The van der Waals surface area contributed by atoms with Crippen molar-refractivity contribution in [2.24, 2.45) is 5.92 Å². The van der Waals surface area contributed by atoms with Gasteiger partial charge in [-0.2, -0.15) is 0 Å². The molecule has 1 saturated heterocycles. The highest BCUT2D eigenvalue weighted by molar-refractivity contribution is 4.80. The van der Waals surface area contributed by atoms with Crippen molar-refractivity contribution >= 4 is 0 Å². The average molecular weight is 157 g/mol. The second-order valence-corrected chi connectivity index (χ2v) is 4.05. The molecule has 1 rings (SSSR count). The SMILES string of the molecule is CC(C)(O)[C@H]1CCCCNC1. The zero-order valence-corrected chi connectivity index (χ0v) is 7.56. The van der Waals surface area contributed by atoms with Gasteiger partial charge in [0.15, 0.2) is 0 Å². The molecule has 0 amide bonds. The lowest BCUT2D eigenvalue weighted by Gasteiger charge is -2.27. The summed E-state index contributed by atoms with van der Waals surface area (Å²) in [5, 5.41) is 13.1. The van der Waals surface area contributed by atoms with Crippen molar-refractivity contribution in [2.45, 2.75) is 38.7 Å². The summed E-state index contributed by atoms with van der Waals surface area (Å²) >= 11 is 0. The Morgan fingerprint density at radius 3 is 2.73 bits per heavy atom. The summed E-state index contributed by atoms with van der Waals surface area (Å²) in [5.74, 6) is 0.435. The quantitative estimate of drug-likeness (QED) is 0.598. The molecule has 0 radical (unpaired) electrons. The molecule has 1 fully saturated rings. The monoisotopic (exact) mass is 157 g/mol. The minimum atomic E-state index is -0.503. The van der Waals surface area contributed by atoms with Gasteiger partial charge < -0.3 is 10.4 Å². The van der Waals surface area contributed by atoms with Gasteiger partial charge >= 0.3 is 0 Å². The maximum Gasteiger partial charge on any atom is 0.0631 e. The van der Waals surface area contributed by atoms with Crippen molar-refractivity contribution in [3.8, 4) is 0 Å². The van der Waals surface area contributed by atoms with Crippen molar-refractivity contribution in [3.63, 3.8) is 0 Å². The maximum absolute atomic E-state index is 9.73. The zero-order valence-electron chi connectivity index (χ0n) is 7.56. The van der Waals surface area contributed by atoms with Crippen LogP contribution in [0.5, 0.6) is 0 Å². The van der Waals surface area contributed by atoms with Gasteiger partial charge in [-0.1, -0.05) is 6.42 Å². The highest BCUT2D eigenvalue weighted by atomic mass is 16.3. The van der Waals surface area contributed by atoms with Gasteiger partial charge in [0, 0.05) is 6.54 Å². The van der Waals surface area contributed by atoms with E-state index in [9.17, 15) is 5.11 Å². The fourth-order valence-electron chi connectivity index (χ4n) is 1.62. The summed E-state index contributed by atoms with van der Waals surface area (Å²) in [6.07, 6.45) is 3.67. The molecule has 11 heavy (non-hydrogen) atoms. The maximum atomic E-state index is 9.73. The molecule has 1 heterocycles. The van der Waals surface area contributed by atoms with Gasteiger partial charge in [0.1, 0.15) is 0 Å². The second kappa shape index (κ2) is 3.55. The van der Waals surface area contributed by atoms with Gasteiger partial charge in [-0.25, -0.2) is 0 Å². The van der Waals surface area contributed by atoms with Gasteiger partial charge in [-0.3, -0.25) is 0 Å². The Labute approximate surface area is 69.0 Å². The lowest BCUT2D eigenvalue weighted by Crippen LogP contribution is -2.37. The van der Waals surface area contributed by atoms with Crippen molar-refractivity contribution in [1.82, 2.24) is 5.32 Å². The first-order valence-corrected chi connectivity index (χ1v) is 4.54. The second-order valence-electron chi connectivity index (χ2n) is 4.05. The molecule has 2 N–H and O–H groups in total. The van der Waals surface area contributed by atoms with E-state index in [-0.39, 0.29) is 0 Å². The topological polar surface area (TPSA) is 32.3 Å². The number of nitrogens with one attached hydrogen (secondary N) is 1. The smallest absolute Gasteiger partial charge is 0.0631 e. The van der Waals surface area contributed by atoms with E-state index in [0.29, 0.717) is 5.92 Å². The fourth-order valence-corrected chi connectivity index (χ4v) is 1.62. The Balaban J connectivity index is 2.43. The van der Waals surface area contributed by atoms with Crippen LogP contribution in [0.1, 0.15) is 33.1 Å². The molecule has 0 aromatic rings. The van der Waals surface area contributed by atoms with E-state index in [4.69, 9.17) is 0 Å². The molecule has 1 aliphatic rings. The van der Waals surface area contributed by atoms with E-state index in [1.165, 1.54) is 12.8 Å². The van der Waals surface area contributed by atoms with Crippen LogP contribution in [0.2, 0.25) is 0 Å². The standard InChI is InChI=1S/C9H19NO/c1-9(2,11)8-5-3-4-6-10-7-8/h8,10-11H,3-7H2,1-2H3/t8-/m0/s1. The molecule has 1 atom stereocenters. The van der Waals surface area contributed by atoms with Crippen LogP contribution in [0.25, 0.3) is 0 Å². The number of hydrogen-bond donors (Lipinski definition) is 2. The molecule has 1 aliphatic heterocycles. The third-order valence-electron chi connectivity index (χ3n) is 2.55. The van der Waals surface area contributed by atoms with Crippen LogP contribution < -0.4 is 5.32 Å². The third-order valence-corrected chi connectivity index (χ3v) is 2.55. The molecule has 66 valence electrons. The van der Waals surface area contributed by atoms with Crippen LogP contribution >= 0.6 is 0 Å². The first kappa shape index (κ1) is 9.01. The molecule has 2 nitrogen and oxygen atoms in total. The largest absolute Gasteiger partial charge is 0.390 e. The molecule has 2 heteroatoms. The van der Waals surface area contributed by atoms with E-state index in [0.717, 1.165) is 19.5 Å². The summed E-state index contributed by atoms with van der Waals surface area (Å²) in [6, 6.07) is 0. The lowest BCUT2D eigenvalue weighted by atomic mass is 9.87. The molecule has 0 unspecified atom stereocenters. The molecule has 0 aliphatic carbocycles. The van der Waals surface area contributed by atoms with E-state index in [2.05, 4.69) is 5.32 Å². The molecule has 0 saturated carbocycles.